The van der Waals surface area contributed by atoms with E-state index in [1.165, 1.54) is 0 Å². The van der Waals surface area contributed by atoms with Crippen molar-refractivity contribution in [3.8, 4) is 0 Å². The SMILES string of the molecule is CC[C@@H]1OC(=O)[C@H](C)[C@H]2OC3(CCSCC3)OC(C)(C[C@@H](C)CN(C)[C@@H](C)[C@@H](O)[C@]1(C)O)[C@H](OC1O[C@H](C)C[C@H](N(C)C)[C@H]1O)[C@H]2C. The second kappa shape index (κ2) is 15.4. The molecule has 0 radical (unpaired) electrons. The van der Waals surface area contributed by atoms with Crippen LogP contribution in [0.1, 0.15) is 87.5 Å². The van der Waals surface area contributed by atoms with E-state index in [0.29, 0.717) is 38.6 Å². The van der Waals surface area contributed by atoms with Crippen molar-refractivity contribution in [2.45, 2.75) is 159 Å². The summed E-state index contributed by atoms with van der Waals surface area (Å²) in [5.41, 5.74) is -2.57. The zero-order valence-corrected chi connectivity index (χ0v) is 31.5. The van der Waals surface area contributed by atoms with Crippen LogP contribution in [0.5, 0.6) is 0 Å². The quantitative estimate of drug-likeness (QED) is 0.375. The van der Waals surface area contributed by atoms with Crippen molar-refractivity contribution in [3.05, 3.63) is 0 Å². The number of aliphatic hydroxyl groups is 3. The Morgan fingerprint density at radius 2 is 1.72 bits per heavy atom. The molecule has 0 aromatic carbocycles. The first-order valence-corrected chi connectivity index (χ1v) is 18.9. The van der Waals surface area contributed by atoms with Gasteiger partial charge >= 0.3 is 5.97 Å². The number of esters is 1. The van der Waals surface area contributed by atoms with E-state index in [-0.39, 0.29) is 24.0 Å². The molecule has 4 aliphatic heterocycles. The first kappa shape index (κ1) is 39.2. The predicted molar refractivity (Wildman–Crippen MR) is 182 cm³/mol. The van der Waals surface area contributed by atoms with Crippen LogP contribution in [0.2, 0.25) is 0 Å². The summed E-state index contributed by atoms with van der Waals surface area (Å²) in [6, 6.07) is -0.581. The molecule has 274 valence electrons. The minimum atomic E-state index is -1.68. The number of ether oxygens (including phenoxy) is 5. The Balaban J connectivity index is 1.84. The molecular weight excluding hydrogens is 624 g/mol. The van der Waals surface area contributed by atoms with E-state index < -0.39 is 71.7 Å². The van der Waals surface area contributed by atoms with Crippen LogP contribution in [0.15, 0.2) is 0 Å². The average molecular weight is 689 g/mol. The maximum absolute atomic E-state index is 14.1. The zero-order valence-electron chi connectivity index (χ0n) is 30.7. The van der Waals surface area contributed by atoms with Crippen LogP contribution in [-0.4, -0.2) is 142 Å². The van der Waals surface area contributed by atoms with E-state index in [4.69, 9.17) is 23.7 Å². The fraction of sp³-hybridized carbons (Fsp3) is 0.971. The van der Waals surface area contributed by atoms with E-state index in [0.717, 1.165) is 11.5 Å². The minimum absolute atomic E-state index is 0.0718. The molecular formula is C35H64N2O9S. The van der Waals surface area contributed by atoms with E-state index in [1.807, 2.05) is 70.4 Å². The highest BCUT2D eigenvalue weighted by atomic mass is 32.2. The Kier molecular flexibility index (Phi) is 12.8. The van der Waals surface area contributed by atoms with Crippen molar-refractivity contribution in [2.75, 3.05) is 39.2 Å². The molecule has 4 fully saturated rings. The first-order valence-electron chi connectivity index (χ1n) is 17.8. The molecule has 0 amide bonds. The van der Waals surface area contributed by atoms with Crippen LogP contribution >= 0.6 is 11.8 Å². The Morgan fingerprint density at radius 3 is 2.32 bits per heavy atom. The Labute approximate surface area is 287 Å². The van der Waals surface area contributed by atoms with Gasteiger partial charge in [-0.25, -0.2) is 0 Å². The maximum atomic E-state index is 14.1. The van der Waals surface area contributed by atoms with Gasteiger partial charge in [0.25, 0.3) is 0 Å². The lowest BCUT2D eigenvalue weighted by Crippen LogP contribution is -2.59. The fourth-order valence-corrected chi connectivity index (χ4v) is 9.72. The third-order valence-electron chi connectivity index (χ3n) is 11.4. The van der Waals surface area contributed by atoms with Gasteiger partial charge in [-0.2, -0.15) is 11.8 Å². The van der Waals surface area contributed by atoms with Crippen LogP contribution in [0, 0.1) is 17.8 Å². The number of carbonyl (C=O) groups is 1. The summed E-state index contributed by atoms with van der Waals surface area (Å²) in [5, 5.41) is 34.6. The number of aliphatic hydroxyl groups excluding tert-OH is 2. The molecule has 3 N–H and O–H groups in total. The summed E-state index contributed by atoms with van der Waals surface area (Å²) >= 11 is 1.86. The summed E-state index contributed by atoms with van der Waals surface area (Å²) in [7, 11) is 5.85. The molecule has 0 aromatic rings. The number of hydrogen-bond donors (Lipinski definition) is 3. The number of likely N-dealkylation sites (N-methyl/N-ethyl adjacent to an activating group) is 2. The third kappa shape index (κ3) is 8.34. The summed E-state index contributed by atoms with van der Waals surface area (Å²) in [6.45, 7) is 16.0. The van der Waals surface area contributed by atoms with Crippen molar-refractivity contribution in [1.82, 2.24) is 9.80 Å². The summed E-state index contributed by atoms with van der Waals surface area (Å²) in [4.78, 5) is 18.1. The number of carbonyl (C=O) groups excluding carboxylic acids is 1. The molecule has 2 bridgehead atoms. The molecule has 4 saturated heterocycles. The lowest BCUT2D eigenvalue weighted by atomic mass is 9.78. The van der Waals surface area contributed by atoms with Gasteiger partial charge in [0, 0.05) is 37.4 Å². The minimum Gasteiger partial charge on any atom is -0.459 e. The molecule has 2 unspecified atom stereocenters. The summed E-state index contributed by atoms with van der Waals surface area (Å²) in [5.74, 6) is -0.763. The highest BCUT2D eigenvalue weighted by molar-refractivity contribution is 7.99. The van der Waals surface area contributed by atoms with Gasteiger partial charge in [0.05, 0.1) is 29.8 Å². The second-order valence-corrected chi connectivity index (χ2v) is 17.0. The lowest BCUT2D eigenvalue weighted by Gasteiger charge is -2.48. The molecule has 0 aromatic heterocycles. The number of nitrogens with zero attached hydrogens (tertiary/aromatic N) is 2. The maximum Gasteiger partial charge on any atom is 0.311 e. The molecule has 1 spiro atoms. The molecule has 4 rings (SSSR count). The van der Waals surface area contributed by atoms with Gasteiger partial charge in [-0.05, 0) is 92.4 Å². The van der Waals surface area contributed by atoms with E-state index in [2.05, 4.69) is 13.8 Å². The highest BCUT2D eigenvalue weighted by Crippen LogP contribution is 2.48. The molecule has 4 heterocycles. The molecule has 4 aliphatic rings. The van der Waals surface area contributed by atoms with Crippen molar-refractivity contribution in [3.63, 3.8) is 0 Å². The smallest absolute Gasteiger partial charge is 0.311 e. The van der Waals surface area contributed by atoms with Gasteiger partial charge in [-0.1, -0.05) is 20.8 Å². The van der Waals surface area contributed by atoms with E-state index in [1.54, 1.807) is 13.8 Å². The number of cyclic esters (lactones) is 1. The normalized spacial score (nSPS) is 47.7. The Bertz CT molecular complexity index is 1040. The second-order valence-electron chi connectivity index (χ2n) is 15.8. The molecule has 0 saturated carbocycles. The van der Waals surface area contributed by atoms with Crippen LogP contribution < -0.4 is 0 Å². The molecule has 0 aliphatic carbocycles. The molecule has 47 heavy (non-hydrogen) atoms. The largest absolute Gasteiger partial charge is 0.459 e. The molecule has 14 atom stereocenters. The van der Waals surface area contributed by atoms with E-state index >= 15 is 0 Å². The van der Waals surface area contributed by atoms with Crippen LogP contribution in [-0.2, 0) is 28.5 Å². The number of thioether (sulfide) groups is 1. The zero-order chi connectivity index (χ0) is 35.1. The lowest BCUT2D eigenvalue weighted by molar-refractivity contribution is -0.325. The summed E-state index contributed by atoms with van der Waals surface area (Å²) in [6.07, 6.45) is -2.40. The Hall–Kier alpha value is -0.540. The van der Waals surface area contributed by atoms with Crippen molar-refractivity contribution in [2.24, 2.45) is 17.8 Å². The standard InChI is InChI=1S/C35H64N2O9S/c1-12-26-34(8,41)29(39)24(6)37(11)19-20(2)18-33(7)30(44-32-27(38)25(36(9)10)17-21(3)42-32)22(4)28(23(5)31(40)43-26)45-35(46-33)13-15-47-16-14-35/h20-30,32,38-39,41H,12-19H2,1-11H3/t20-,21-,22+,23-,24+,25+,26+,27-,28+,29-,30-,32?,33?,34-/m1/s1. The van der Waals surface area contributed by atoms with Crippen molar-refractivity contribution < 1.29 is 43.8 Å². The predicted octanol–water partition coefficient (Wildman–Crippen LogP) is 3.26. The summed E-state index contributed by atoms with van der Waals surface area (Å²) < 4.78 is 33.6. The van der Waals surface area contributed by atoms with Gasteiger partial charge in [-0.3, -0.25) is 4.79 Å². The van der Waals surface area contributed by atoms with Gasteiger partial charge in [-0.15, -0.1) is 0 Å². The van der Waals surface area contributed by atoms with Gasteiger partial charge < -0.3 is 48.8 Å². The van der Waals surface area contributed by atoms with Crippen LogP contribution in [0.25, 0.3) is 0 Å². The first-order chi connectivity index (χ1) is 21.9. The van der Waals surface area contributed by atoms with Crippen molar-refractivity contribution in [1.29, 1.82) is 0 Å². The third-order valence-corrected chi connectivity index (χ3v) is 12.4. The highest BCUT2D eigenvalue weighted by Gasteiger charge is 2.58. The van der Waals surface area contributed by atoms with Crippen LogP contribution in [0.4, 0.5) is 0 Å². The van der Waals surface area contributed by atoms with E-state index in [9.17, 15) is 20.1 Å². The topological polar surface area (TPSA) is 130 Å². The average Bonchev–Trinajstić information content (AvgIpc) is 3.07. The number of rotatable bonds is 4. The van der Waals surface area contributed by atoms with Gasteiger partial charge in [0.2, 0.25) is 0 Å². The monoisotopic (exact) mass is 688 g/mol. The number of hydrogen-bond acceptors (Lipinski definition) is 12. The van der Waals surface area contributed by atoms with Gasteiger partial charge in [0.1, 0.15) is 23.9 Å². The fourth-order valence-electron chi connectivity index (χ4n) is 8.61. The molecule has 12 heteroatoms. The van der Waals surface area contributed by atoms with Gasteiger partial charge in [0.15, 0.2) is 12.1 Å². The number of fused-ring (bicyclic) bond motifs is 3. The Morgan fingerprint density at radius 1 is 1.09 bits per heavy atom. The molecule has 11 nitrogen and oxygen atoms in total. The van der Waals surface area contributed by atoms with Crippen molar-refractivity contribution >= 4 is 17.7 Å². The van der Waals surface area contributed by atoms with Crippen LogP contribution in [0.3, 0.4) is 0 Å².